The third kappa shape index (κ3) is 4.90. The van der Waals surface area contributed by atoms with Gasteiger partial charge in [-0.1, -0.05) is 12.1 Å². The molecule has 1 N–H and O–H groups in total. The van der Waals surface area contributed by atoms with Gasteiger partial charge in [0, 0.05) is 31.1 Å². The number of benzene rings is 2. The normalized spacial score (nSPS) is 21.4. The van der Waals surface area contributed by atoms with E-state index in [4.69, 9.17) is 14.2 Å². The fraction of sp³-hybridized carbons (Fsp3) is 0.448. The average molecular weight is 506 g/mol. The predicted molar refractivity (Wildman–Crippen MR) is 141 cm³/mol. The molecular formula is C29H35N3O5. The van der Waals surface area contributed by atoms with Gasteiger partial charge >= 0.3 is 0 Å². The minimum Gasteiger partial charge on any atom is -0.497 e. The zero-order valence-electron chi connectivity index (χ0n) is 22.0. The second-order valence-electron chi connectivity index (χ2n) is 10.4. The molecule has 3 heterocycles. The maximum absolute atomic E-state index is 14.0. The molecule has 0 aliphatic carbocycles. The van der Waals surface area contributed by atoms with Gasteiger partial charge in [-0.25, -0.2) is 0 Å². The van der Waals surface area contributed by atoms with Gasteiger partial charge in [0.25, 0.3) is 5.91 Å². The van der Waals surface area contributed by atoms with Crippen molar-refractivity contribution in [3.8, 4) is 11.5 Å². The lowest BCUT2D eigenvalue weighted by atomic mass is 9.93. The monoisotopic (exact) mass is 505 g/mol. The van der Waals surface area contributed by atoms with E-state index in [9.17, 15) is 9.59 Å². The molecule has 2 atom stereocenters. The fourth-order valence-electron chi connectivity index (χ4n) is 5.24. The topological polar surface area (TPSA) is 82.0 Å². The van der Waals surface area contributed by atoms with Crippen molar-refractivity contribution in [3.05, 3.63) is 59.8 Å². The second-order valence-corrected chi connectivity index (χ2v) is 10.4. The first-order chi connectivity index (χ1) is 17.8. The van der Waals surface area contributed by atoms with Crippen LogP contribution in [0.2, 0.25) is 0 Å². The van der Waals surface area contributed by atoms with Crippen LogP contribution in [-0.2, 0) is 22.6 Å². The second kappa shape index (κ2) is 10.1. The summed E-state index contributed by atoms with van der Waals surface area (Å²) in [7, 11) is 1.62. The zero-order valence-corrected chi connectivity index (χ0v) is 22.0. The van der Waals surface area contributed by atoms with E-state index in [0.717, 1.165) is 41.7 Å². The number of ether oxygens (including phenoxy) is 3. The highest BCUT2D eigenvalue weighted by Gasteiger charge is 2.47. The van der Waals surface area contributed by atoms with Crippen LogP contribution in [0.15, 0.2) is 48.5 Å². The lowest BCUT2D eigenvalue weighted by Gasteiger charge is -2.44. The first kappa shape index (κ1) is 25.1. The van der Waals surface area contributed by atoms with Gasteiger partial charge in [-0.05, 0) is 69.5 Å². The average Bonchev–Trinajstić information content (AvgIpc) is 3.53. The molecule has 1 aromatic heterocycles. The maximum Gasteiger partial charge on any atom is 0.271 e. The highest BCUT2D eigenvalue weighted by molar-refractivity contribution is 6.03. The summed E-state index contributed by atoms with van der Waals surface area (Å²) in [5, 5.41) is 4.01. The largest absolute Gasteiger partial charge is 0.497 e. The van der Waals surface area contributed by atoms with Gasteiger partial charge in [0.15, 0.2) is 0 Å². The Morgan fingerprint density at radius 3 is 2.59 bits per heavy atom. The molecule has 2 aliphatic rings. The summed E-state index contributed by atoms with van der Waals surface area (Å²) in [6.07, 6.45) is 2.02. The van der Waals surface area contributed by atoms with Crippen molar-refractivity contribution in [2.45, 2.75) is 64.4 Å². The number of rotatable bonds is 8. The van der Waals surface area contributed by atoms with Crippen LogP contribution < -0.4 is 14.8 Å². The number of hydrogen-bond donors (Lipinski definition) is 1. The van der Waals surface area contributed by atoms with Crippen molar-refractivity contribution in [3.63, 3.8) is 0 Å². The van der Waals surface area contributed by atoms with Gasteiger partial charge < -0.3 is 29.0 Å². The van der Waals surface area contributed by atoms with Crippen molar-refractivity contribution in [1.82, 2.24) is 14.8 Å². The Hall–Kier alpha value is -3.52. The molecule has 2 aliphatic heterocycles. The van der Waals surface area contributed by atoms with Crippen LogP contribution in [0.4, 0.5) is 0 Å². The summed E-state index contributed by atoms with van der Waals surface area (Å²) in [6.45, 7) is 7.60. The van der Waals surface area contributed by atoms with Crippen LogP contribution >= 0.6 is 0 Å². The molecule has 2 amide bonds. The molecule has 3 aromatic rings. The number of amides is 2. The molecule has 0 unspecified atom stereocenters. The van der Waals surface area contributed by atoms with Crippen LogP contribution in [0.25, 0.3) is 10.9 Å². The minimum atomic E-state index is -1.11. The molecule has 8 heteroatoms. The molecule has 0 spiro atoms. The Morgan fingerprint density at radius 2 is 1.92 bits per heavy atom. The number of methoxy groups -OCH3 is 1. The summed E-state index contributed by atoms with van der Waals surface area (Å²) in [5.41, 5.74) is 1.25. The van der Waals surface area contributed by atoms with Gasteiger partial charge in [0.2, 0.25) is 5.91 Å². The summed E-state index contributed by atoms with van der Waals surface area (Å²) in [4.78, 5) is 29.4. The van der Waals surface area contributed by atoms with Gasteiger partial charge in [-0.15, -0.1) is 0 Å². The number of fused-ring (bicyclic) bond motifs is 3. The lowest BCUT2D eigenvalue weighted by molar-refractivity contribution is -0.133. The fourth-order valence-corrected chi connectivity index (χ4v) is 5.24. The number of nitrogens with zero attached hydrogens (tertiary/aromatic N) is 2. The van der Waals surface area contributed by atoms with Crippen LogP contribution in [0.3, 0.4) is 0 Å². The van der Waals surface area contributed by atoms with E-state index in [0.29, 0.717) is 31.1 Å². The van der Waals surface area contributed by atoms with Crippen LogP contribution in [0.1, 0.15) is 49.7 Å². The standard InChI is InChI=1S/C29H35N3O5/c1-19(2)37-22-10-7-20(8-11-22)17-32-27(33)26-14-21-9-12-23(35-4)15-25(21)31(26)18-29(32,3)28(34)30-16-24-6-5-13-36-24/h7-12,14-15,19,24H,5-6,13,16-18H2,1-4H3,(H,30,34)/t24-,29+/m1/s1. The van der Waals surface area contributed by atoms with E-state index in [1.807, 2.05) is 73.9 Å². The molecule has 2 aromatic carbocycles. The van der Waals surface area contributed by atoms with Gasteiger partial charge in [0.1, 0.15) is 22.7 Å². The van der Waals surface area contributed by atoms with Crippen molar-refractivity contribution in [1.29, 1.82) is 0 Å². The molecule has 0 bridgehead atoms. The first-order valence-electron chi connectivity index (χ1n) is 12.9. The van der Waals surface area contributed by atoms with Gasteiger partial charge in [-0.3, -0.25) is 9.59 Å². The van der Waals surface area contributed by atoms with E-state index in [2.05, 4.69) is 5.32 Å². The lowest BCUT2D eigenvalue weighted by Crippen LogP contribution is -2.64. The molecule has 196 valence electrons. The smallest absolute Gasteiger partial charge is 0.271 e. The van der Waals surface area contributed by atoms with E-state index in [1.54, 1.807) is 12.0 Å². The number of nitrogens with one attached hydrogen (secondary N) is 1. The molecule has 37 heavy (non-hydrogen) atoms. The molecule has 1 saturated heterocycles. The number of hydrogen-bond acceptors (Lipinski definition) is 5. The molecule has 0 saturated carbocycles. The van der Waals surface area contributed by atoms with Crippen LogP contribution in [0.5, 0.6) is 11.5 Å². The first-order valence-corrected chi connectivity index (χ1v) is 12.9. The Morgan fingerprint density at radius 1 is 1.16 bits per heavy atom. The molecule has 0 radical (unpaired) electrons. The minimum absolute atomic E-state index is 0.0148. The number of aromatic nitrogens is 1. The Bertz CT molecular complexity index is 1290. The van der Waals surface area contributed by atoms with E-state index < -0.39 is 5.54 Å². The van der Waals surface area contributed by atoms with Crippen molar-refractivity contribution >= 4 is 22.7 Å². The van der Waals surface area contributed by atoms with Crippen LogP contribution in [-0.4, -0.2) is 59.3 Å². The van der Waals surface area contributed by atoms with Gasteiger partial charge in [-0.2, -0.15) is 0 Å². The zero-order chi connectivity index (χ0) is 26.2. The summed E-state index contributed by atoms with van der Waals surface area (Å²) < 4.78 is 18.8. The predicted octanol–water partition coefficient (Wildman–Crippen LogP) is 4.15. The van der Waals surface area contributed by atoms with Crippen molar-refractivity contribution in [2.24, 2.45) is 0 Å². The third-order valence-electron chi connectivity index (χ3n) is 7.28. The van der Waals surface area contributed by atoms with Crippen molar-refractivity contribution < 1.29 is 23.8 Å². The highest BCUT2D eigenvalue weighted by atomic mass is 16.5. The number of carbonyl (C=O) groups excluding carboxylic acids is 2. The molecule has 5 rings (SSSR count). The molecule has 1 fully saturated rings. The number of carbonyl (C=O) groups is 2. The van der Waals surface area contributed by atoms with Gasteiger partial charge in [0.05, 0.1) is 31.4 Å². The quantitative estimate of drug-likeness (QED) is 0.498. The van der Waals surface area contributed by atoms with Crippen LogP contribution in [0, 0.1) is 0 Å². The SMILES string of the molecule is COc1ccc2cc3n(c2c1)C[C@@](C)(C(=O)NC[C@H]1CCCO1)N(Cc1ccc(OC(C)C)cc1)C3=O. The molecular weight excluding hydrogens is 470 g/mol. The third-order valence-corrected chi connectivity index (χ3v) is 7.28. The summed E-state index contributed by atoms with van der Waals surface area (Å²) in [5.74, 6) is 1.11. The summed E-state index contributed by atoms with van der Waals surface area (Å²) >= 11 is 0. The Labute approximate surface area is 217 Å². The Kier molecular flexibility index (Phi) is 6.86. The highest BCUT2D eigenvalue weighted by Crippen LogP contribution is 2.35. The molecule has 8 nitrogen and oxygen atoms in total. The van der Waals surface area contributed by atoms with E-state index in [1.165, 1.54) is 0 Å². The van der Waals surface area contributed by atoms with E-state index in [-0.39, 0.29) is 24.0 Å². The Balaban J connectivity index is 1.49. The maximum atomic E-state index is 14.0. The van der Waals surface area contributed by atoms with E-state index >= 15 is 0 Å². The summed E-state index contributed by atoms with van der Waals surface area (Å²) in [6, 6.07) is 15.3. The van der Waals surface area contributed by atoms with Crippen molar-refractivity contribution in [2.75, 3.05) is 20.3 Å².